The number of rotatable bonds is 3. The molecule has 0 N–H and O–H groups in total. The van der Waals surface area contributed by atoms with Crippen molar-refractivity contribution >= 4 is 23.2 Å². The molecular weight excluding hydrogens is 296 g/mol. The van der Waals surface area contributed by atoms with Crippen LogP contribution in [0.25, 0.3) is 0 Å². The van der Waals surface area contributed by atoms with Gasteiger partial charge in [-0.05, 0) is 31.0 Å². The zero-order valence-corrected chi connectivity index (χ0v) is 13.0. The van der Waals surface area contributed by atoms with E-state index in [2.05, 4.69) is 6.58 Å². The summed E-state index contributed by atoms with van der Waals surface area (Å²) in [5.41, 5.74) is 1.24. The lowest BCUT2D eigenvalue weighted by Crippen LogP contribution is -2.38. The highest BCUT2D eigenvalue weighted by molar-refractivity contribution is 6.33. The second-order valence-electron chi connectivity index (χ2n) is 5.75. The summed E-state index contributed by atoms with van der Waals surface area (Å²) in [5.74, 6) is -0.308. The summed E-state index contributed by atoms with van der Waals surface area (Å²) in [5, 5.41) is 0.574. The number of Topliss-reactive ketones (excluding diaryl/α,β-unsaturated/α-hetero) is 2. The molecule has 0 saturated carbocycles. The SMILES string of the molecule is C=C(C)CC1(c2ccc(Cl)cc2)C(=O)c2ccccc2C1=O. The van der Waals surface area contributed by atoms with Crippen LogP contribution in [0, 0.1) is 0 Å². The zero-order chi connectivity index (χ0) is 15.9. The molecule has 0 fully saturated rings. The fourth-order valence-corrected chi connectivity index (χ4v) is 3.28. The monoisotopic (exact) mass is 310 g/mol. The van der Waals surface area contributed by atoms with Gasteiger partial charge in [0.1, 0.15) is 5.41 Å². The average Bonchev–Trinajstić information content (AvgIpc) is 2.71. The number of benzene rings is 2. The molecule has 1 aliphatic carbocycles. The first-order chi connectivity index (χ1) is 10.5. The van der Waals surface area contributed by atoms with Crippen LogP contribution < -0.4 is 0 Å². The third-order valence-corrected chi connectivity index (χ3v) is 4.35. The Morgan fingerprint density at radius 3 is 1.95 bits per heavy atom. The summed E-state index contributed by atoms with van der Waals surface area (Å²) >= 11 is 5.94. The number of ketones is 2. The van der Waals surface area contributed by atoms with Crippen molar-refractivity contribution in [3.63, 3.8) is 0 Å². The van der Waals surface area contributed by atoms with E-state index in [9.17, 15) is 9.59 Å². The molecule has 2 aromatic carbocycles. The molecule has 0 radical (unpaired) electrons. The van der Waals surface area contributed by atoms with Gasteiger partial charge >= 0.3 is 0 Å². The highest BCUT2D eigenvalue weighted by Crippen LogP contribution is 2.43. The lowest BCUT2D eigenvalue weighted by molar-refractivity contribution is 0.0793. The molecule has 110 valence electrons. The Kier molecular flexibility index (Phi) is 3.50. The van der Waals surface area contributed by atoms with E-state index in [0.717, 1.165) is 5.57 Å². The van der Waals surface area contributed by atoms with E-state index in [0.29, 0.717) is 28.1 Å². The van der Waals surface area contributed by atoms with Crippen molar-refractivity contribution in [2.45, 2.75) is 18.8 Å². The molecule has 0 aromatic heterocycles. The second-order valence-corrected chi connectivity index (χ2v) is 6.19. The second kappa shape index (κ2) is 5.22. The lowest BCUT2D eigenvalue weighted by Gasteiger charge is -2.26. The van der Waals surface area contributed by atoms with Crippen molar-refractivity contribution in [2.24, 2.45) is 0 Å². The molecule has 2 nitrogen and oxygen atoms in total. The van der Waals surface area contributed by atoms with Crippen molar-refractivity contribution in [3.8, 4) is 0 Å². The summed E-state index contributed by atoms with van der Waals surface area (Å²) in [4.78, 5) is 26.1. The highest BCUT2D eigenvalue weighted by atomic mass is 35.5. The molecule has 2 aromatic rings. The van der Waals surface area contributed by atoms with Crippen LogP contribution in [0.15, 0.2) is 60.7 Å². The Labute approximate surface area is 134 Å². The van der Waals surface area contributed by atoms with Crippen molar-refractivity contribution < 1.29 is 9.59 Å². The van der Waals surface area contributed by atoms with Crippen LogP contribution in [-0.2, 0) is 5.41 Å². The topological polar surface area (TPSA) is 34.1 Å². The molecule has 0 saturated heterocycles. The summed E-state index contributed by atoms with van der Waals surface area (Å²) in [7, 11) is 0. The van der Waals surface area contributed by atoms with Crippen molar-refractivity contribution in [1.29, 1.82) is 0 Å². The third-order valence-electron chi connectivity index (χ3n) is 4.10. The van der Waals surface area contributed by atoms with E-state index in [-0.39, 0.29) is 11.6 Å². The number of halogens is 1. The molecule has 0 spiro atoms. The van der Waals surface area contributed by atoms with Gasteiger partial charge in [-0.15, -0.1) is 6.58 Å². The van der Waals surface area contributed by atoms with E-state index in [4.69, 9.17) is 11.6 Å². The molecule has 0 unspecified atom stereocenters. The fraction of sp³-hybridized carbons (Fsp3) is 0.158. The lowest BCUT2D eigenvalue weighted by atomic mass is 9.72. The molecule has 0 atom stereocenters. The summed E-state index contributed by atoms with van der Waals surface area (Å²) in [6.07, 6.45) is 0.307. The molecule has 0 amide bonds. The molecule has 3 heteroatoms. The minimum atomic E-state index is -1.21. The Bertz CT molecular complexity index is 752. The highest BCUT2D eigenvalue weighted by Gasteiger charge is 2.53. The van der Waals surface area contributed by atoms with Crippen LogP contribution >= 0.6 is 11.6 Å². The number of hydrogen-bond donors (Lipinski definition) is 0. The average molecular weight is 311 g/mol. The number of carbonyl (C=O) groups is 2. The predicted molar refractivity (Wildman–Crippen MR) is 87.7 cm³/mol. The predicted octanol–water partition coefficient (Wildman–Crippen LogP) is 4.62. The van der Waals surface area contributed by atoms with Gasteiger partial charge in [0.2, 0.25) is 0 Å². The Hall–Kier alpha value is -2.19. The first-order valence-electron chi connectivity index (χ1n) is 7.06. The maximum Gasteiger partial charge on any atom is 0.182 e. The minimum absolute atomic E-state index is 0.154. The van der Waals surface area contributed by atoms with Crippen LogP contribution in [0.5, 0.6) is 0 Å². The fourth-order valence-electron chi connectivity index (χ4n) is 3.15. The molecule has 3 rings (SSSR count). The van der Waals surface area contributed by atoms with E-state index >= 15 is 0 Å². The van der Waals surface area contributed by atoms with Gasteiger partial charge in [0.15, 0.2) is 11.6 Å². The van der Waals surface area contributed by atoms with Crippen LogP contribution in [0.1, 0.15) is 39.6 Å². The molecular formula is C19H15ClO2. The number of allylic oxidation sites excluding steroid dienone is 1. The van der Waals surface area contributed by atoms with Gasteiger partial charge < -0.3 is 0 Å². The summed E-state index contributed by atoms with van der Waals surface area (Å²) in [6, 6.07) is 13.9. The molecule has 1 aliphatic rings. The van der Waals surface area contributed by atoms with Crippen LogP contribution in [0.2, 0.25) is 5.02 Å². The van der Waals surface area contributed by atoms with Crippen molar-refractivity contribution in [3.05, 3.63) is 82.4 Å². The van der Waals surface area contributed by atoms with Crippen LogP contribution in [-0.4, -0.2) is 11.6 Å². The van der Waals surface area contributed by atoms with Gasteiger partial charge in [-0.3, -0.25) is 9.59 Å². The van der Waals surface area contributed by atoms with E-state index in [1.165, 1.54) is 0 Å². The van der Waals surface area contributed by atoms with Gasteiger partial charge in [-0.1, -0.05) is 53.6 Å². The number of hydrogen-bond acceptors (Lipinski definition) is 2. The van der Waals surface area contributed by atoms with Crippen LogP contribution in [0.3, 0.4) is 0 Å². The zero-order valence-electron chi connectivity index (χ0n) is 12.2. The van der Waals surface area contributed by atoms with Gasteiger partial charge in [0, 0.05) is 16.1 Å². The normalized spacial score (nSPS) is 15.7. The first kappa shape index (κ1) is 14.7. The Morgan fingerprint density at radius 1 is 1.00 bits per heavy atom. The van der Waals surface area contributed by atoms with Gasteiger partial charge in [-0.2, -0.15) is 0 Å². The Morgan fingerprint density at radius 2 is 1.50 bits per heavy atom. The number of carbonyl (C=O) groups excluding carboxylic acids is 2. The van der Waals surface area contributed by atoms with Crippen molar-refractivity contribution in [1.82, 2.24) is 0 Å². The third kappa shape index (κ3) is 2.03. The van der Waals surface area contributed by atoms with E-state index in [1.807, 2.05) is 6.92 Å². The number of fused-ring (bicyclic) bond motifs is 1. The Balaban J connectivity index is 2.25. The van der Waals surface area contributed by atoms with Crippen molar-refractivity contribution in [2.75, 3.05) is 0 Å². The van der Waals surface area contributed by atoms with Gasteiger partial charge in [0.05, 0.1) is 0 Å². The standard InChI is InChI=1S/C19H15ClO2/c1-12(2)11-19(13-7-9-14(20)10-8-13)17(21)15-5-3-4-6-16(15)18(19)22/h3-10H,1,11H2,2H3. The van der Waals surface area contributed by atoms with Gasteiger partial charge in [-0.25, -0.2) is 0 Å². The molecule has 0 aliphatic heterocycles. The van der Waals surface area contributed by atoms with Gasteiger partial charge in [0.25, 0.3) is 0 Å². The molecule has 0 bridgehead atoms. The molecule has 22 heavy (non-hydrogen) atoms. The minimum Gasteiger partial charge on any atom is -0.293 e. The summed E-state index contributed by atoms with van der Waals surface area (Å²) in [6.45, 7) is 5.74. The largest absolute Gasteiger partial charge is 0.293 e. The van der Waals surface area contributed by atoms with E-state index in [1.54, 1.807) is 48.5 Å². The molecule has 0 heterocycles. The quantitative estimate of drug-likeness (QED) is 0.612. The smallest absolute Gasteiger partial charge is 0.182 e. The maximum atomic E-state index is 13.1. The van der Waals surface area contributed by atoms with E-state index < -0.39 is 5.41 Å². The summed E-state index contributed by atoms with van der Waals surface area (Å²) < 4.78 is 0. The van der Waals surface area contributed by atoms with Crippen LogP contribution in [0.4, 0.5) is 0 Å². The maximum absolute atomic E-state index is 13.1. The first-order valence-corrected chi connectivity index (χ1v) is 7.43.